The first kappa shape index (κ1) is 44.7. The summed E-state index contributed by atoms with van der Waals surface area (Å²) in [5.74, 6) is 2.61. The van der Waals surface area contributed by atoms with Gasteiger partial charge in [0, 0.05) is 35.0 Å². The molecule has 1 amide bonds. The molecule has 316 valence electrons. The van der Waals surface area contributed by atoms with Crippen LogP contribution < -0.4 is 0 Å². The minimum absolute atomic E-state index is 0.0372. The van der Waals surface area contributed by atoms with E-state index in [2.05, 4.69) is 18.8 Å². The zero-order valence-corrected chi connectivity index (χ0v) is 36.1. The number of ether oxygens (including phenoxy) is 6. The number of likely N-dealkylation sites (N-methyl/N-ethyl adjacent to an activating group) is 1. The van der Waals surface area contributed by atoms with E-state index in [1.54, 1.807) is 11.8 Å². The van der Waals surface area contributed by atoms with Crippen LogP contribution in [-0.4, -0.2) is 139 Å². The zero-order valence-electron chi connectivity index (χ0n) is 35.3. The van der Waals surface area contributed by atoms with Crippen LogP contribution in [0, 0.1) is 40.9 Å². The first-order valence-corrected chi connectivity index (χ1v) is 20.9. The summed E-state index contributed by atoms with van der Waals surface area (Å²) in [7, 11) is 5.26. The standard InChI is InChI=1S/C42H62N4O10S/c1-12-31-42(8)36-25(4)33(44-17-18-46(36)40(50)56-42)23(2)22-41(7,52-19-13-14-28-15-16-29(57-28)21-32(43)51-11)37(26(5)34(47)27(6)38(49)54-31)55-39-35(48)30(45(9)10)20-24(3)53-39/h15-16,23-27,30-31,35-37,39,43,48H,12,17-22H2,1-11H3/t23-,24-,25+,26+,27-,30+,31-,35-,36-,37-,39+,41+,42-/m1/s1. The second-order valence-electron chi connectivity index (χ2n) is 16.7. The highest BCUT2D eigenvalue weighted by Crippen LogP contribution is 2.44. The predicted octanol–water partition coefficient (Wildman–Crippen LogP) is 4.73. The van der Waals surface area contributed by atoms with Crippen molar-refractivity contribution in [3.63, 3.8) is 0 Å². The number of aliphatic hydroxyl groups is 1. The number of carbonyl (C=O) groups excluding carboxylic acids is 3. The van der Waals surface area contributed by atoms with Gasteiger partial charge in [0.25, 0.3) is 0 Å². The summed E-state index contributed by atoms with van der Waals surface area (Å²) in [6, 6.07) is 3.03. The number of esters is 1. The summed E-state index contributed by atoms with van der Waals surface area (Å²) in [6.07, 6.45) is -3.15. The van der Waals surface area contributed by atoms with E-state index in [4.69, 9.17) is 38.8 Å². The van der Waals surface area contributed by atoms with Crippen LogP contribution in [0.1, 0.15) is 84.4 Å². The molecule has 57 heavy (non-hydrogen) atoms. The van der Waals surface area contributed by atoms with Gasteiger partial charge in [0.15, 0.2) is 23.6 Å². The highest BCUT2D eigenvalue weighted by Gasteiger charge is 2.60. The molecular formula is C42H62N4O10S. The predicted molar refractivity (Wildman–Crippen MR) is 215 cm³/mol. The highest BCUT2D eigenvalue weighted by molar-refractivity contribution is 7.12. The number of aliphatic hydroxyl groups excluding tert-OH is 1. The van der Waals surface area contributed by atoms with Gasteiger partial charge >= 0.3 is 12.1 Å². The van der Waals surface area contributed by atoms with Gasteiger partial charge in [-0.05, 0) is 79.1 Å². The van der Waals surface area contributed by atoms with Crippen molar-refractivity contribution >= 4 is 40.8 Å². The largest absolute Gasteiger partial charge is 0.484 e. The lowest BCUT2D eigenvalue weighted by molar-refractivity contribution is -0.296. The van der Waals surface area contributed by atoms with Crippen molar-refractivity contribution in [2.75, 3.05) is 40.9 Å². The number of rotatable bonds is 8. The first-order valence-electron chi connectivity index (χ1n) is 20.1. The lowest BCUT2D eigenvalue weighted by atomic mass is 9.73. The average Bonchev–Trinajstić information content (AvgIpc) is 3.65. The van der Waals surface area contributed by atoms with Crippen molar-refractivity contribution in [2.45, 2.75) is 135 Å². The Morgan fingerprint density at radius 2 is 1.86 bits per heavy atom. The summed E-state index contributed by atoms with van der Waals surface area (Å²) in [5.41, 5.74) is -1.61. The molecular weight excluding hydrogens is 753 g/mol. The van der Waals surface area contributed by atoms with Crippen LogP contribution >= 0.6 is 11.3 Å². The Bertz CT molecular complexity index is 1740. The van der Waals surface area contributed by atoms with Crippen LogP contribution in [0.25, 0.3) is 0 Å². The number of nitrogens with zero attached hydrogens (tertiary/aromatic N) is 3. The number of cyclic esters (lactones) is 1. The second kappa shape index (κ2) is 18.3. The fraction of sp³-hybridized carbons (Fsp3) is 0.738. The van der Waals surface area contributed by atoms with E-state index in [0.717, 1.165) is 15.5 Å². The Kier molecular flexibility index (Phi) is 14.3. The molecule has 4 aliphatic rings. The molecule has 3 fully saturated rings. The molecule has 15 heteroatoms. The highest BCUT2D eigenvalue weighted by atomic mass is 32.1. The van der Waals surface area contributed by atoms with Gasteiger partial charge < -0.3 is 38.4 Å². The molecule has 1 aromatic heterocycles. The third-order valence-electron chi connectivity index (χ3n) is 12.3. The second-order valence-corrected chi connectivity index (χ2v) is 17.9. The molecule has 5 heterocycles. The normalized spacial score (nSPS) is 37.6. The van der Waals surface area contributed by atoms with Gasteiger partial charge in [-0.2, -0.15) is 0 Å². The number of thiophene rings is 1. The fourth-order valence-electron chi connectivity index (χ4n) is 9.34. The quantitative estimate of drug-likeness (QED) is 0.122. The summed E-state index contributed by atoms with van der Waals surface area (Å²) in [4.78, 5) is 52.4. The molecule has 1 aromatic rings. The number of hydrogen-bond donors (Lipinski definition) is 2. The van der Waals surface area contributed by atoms with Crippen LogP contribution in [0.2, 0.25) is 0 Å². The van der Waals surface area contributed by atoms with Crippen molar-refractivity contribution in [3.05, 3.63) is 21.9 Å². The lowest BCUT2D eigenvalue weighted by Gasteiger charge is -2.47. The molecule has 4 aliphatic heterocycles. The number of ketones is 1. The summed E-state index contributed by atoms with van der Waals surface area (Å²) >= 11 is 1.46. The molecule has 2 bridgehead atoms. The van der Waals surface area contributed by atoms with Gasteiger partial charge in [0.1, 0.15) is 24.7 Å². The molecule has 0 aromatic carbocycles. The minimum Gasteiger partial charge on any atom is -0.484 e. The summed E-state index contributed by atoms with van der Waals surface area (Å²) in [6.45, 7) is 15.5. The molecule has 0 spiro atoms. The number of methoxy groups -OCH3 is 1. The van der Waals surface area contributed by atoms with E-state index in [-0.39, 0.29) is 36.5 Å². The van der Waals surface area contributed by atoms with Crippen molar-refractivity contribution in [2.24, 2.45) is 28.7 Å². The number of carbonyl (C=O) groups is 3. The van der Waals surface area contributed by atoms with E-state index >= 15 is 0 Å². The van der Waals surface area contributed by atoms with Crippen LogP contribution in [0.3, 0.4) is 0 Å². The fourth-order valence-corrected chi connectivity index (χ4v) is 10.2. The average molecular weight is 815 g/mol. The van der Waals surface area contributed by atoms with Crippen molar-refractivity contribution in [1.82, 2.24) is 9.80 Å². The monoisotopic (exact) mass is 814 g/mol. The third-order valence-corrected chi connectivity index (χ3v) is 13.3. The number of hydrogen-bond acceptors (Lipinski definition) is 14. The summed E-state index contributed by atoms with van der Waals surface area (Å²) in [5, 5.41) is 19.5. The molecule has 5 rings (SSSR count). The number of nitrogens with one attached hydrogen (secondary N) is 1. The molecule has 0 aliphatic carbocycles. The number of fused-ring (bicyclic) bond motifs is 1. The molecule has 14 nitrogen and oxygen atoms in total. The smallest absolute Gasteiger partial charge is 0.410 e. The Morgan fingerprint density at radius 1 is 1.14 bits per heavy atom. The van der Waals surface area contributed by atoms with Crippen LogP contribution in [0.15, 0.2) is 17.1 Å². The van der Waals surface area contributed by atoms with E-state index in [0.29, 0.717) is 38.8 Å². The zero-order chi connectivity index (χ0) is 42.0. The van der Waals surface area contributed by atoms with Crippen LogP contribution in [0.4, 0.5) is 4.79 Å². The number of amides is 1. The molecule has 0 unspecified atom stereocenters. The van der Waals surface area contributed by atoms with Crippen LogP contribution in [-0.2, 0) is 44.4 Å². The Morgan fingerprint density at radius 3 is 2.53 bits per heavy atom. The Balaban J connectivity index is 1.59. The number of aliphatic imine (C=N–C) groups is 1. The minimum atomic E-state index is -1.26. The molecule has 0 saturated carbocycles. The maximum absolute atomic E-state index is 14.6. The first-order chi connectivity index (χ1) is 26.8. The van der Waals surface area contributed by atoms with E-state index in [9.17, 15) is 19.5 Å². The third kappa shape index (κ3) is 9.42. The van der Waals surface area contributed by atoms with Gasteiger partial charge in [-0.15, -0.1) is 11.3 Å². The van der Waals surface area contributed by atoms with E-state index < -0.39 is 71.5 Å². The van der Waals surface area contributed by atoms with Crippen molar-refractivity contribution in [1.29, 1.82) is 5.41 Å². The van der Waals surface area contributed by atoms with E-state index in [1.807, 2.05) is 65.7 Å². The van der Waals surface area contributed by atoms with Crippen molar-refractivity contribution < 1.29 is 47.9 Å². The maximum atomic E-state index is 14.6. The molecule has 2 N–H and O–H groups in total. The molecule has 0 radical (unpaired) electrons. The van der Waals surface area contributed by atoms with Gasteiger partial charge in [-0.3, -0.25) is 24.9 Å². The van der Waals surface area contributed by atoms with Crippen LogP contribution in [0.5, 0.6) is 0 Å². The van der Waals surface area contributed by atoms with Gasteiger partial charge in [0.05, 0.1) is 48.8 Å². The maximum Gasteiger partial charge on any atom is 0.410 e. The Hall–Kier alpha value is -3.39. The van der Waals surface area contributed by atoms with Crippen molar-refractivity contribution in [3.8, 4) is 11.8 Å². The van der Waals surface area contributed by atoms with Gasteiger partial charge in [-0.1, -0.05) is 39.5 Å². The molecule has 3 saturated heterocycles. The Labute approximate surface area is 341 Å². The SMILES string of the molecule is CC[C@H]1OC(=O)[C@H](C)C(=O)[C@H](C)[C@@H](O[C@@H]2O[C@H](C)C[C@H](N(C)C)[C@H]2O)[C@@](C)(OCC#Cc2ccc(CC(=N)OC)s2)C[C@@H](C)C2=NCCN3C(=O)O[C@@]1(C)[C@H]3[C@H]2C. The summed E-state index contributed by atoms with van der Waals surface area (Å²) < 4.78 is 37.2. The number of Topliss-reactive ketones (excluding diaryl/α,β-unsaturated/α-hetero) is 1. The lowest BCUT2D eigenvalue weighted by Crippen LogP contribution is -2.60. The molecule has 13 atom stereocenters. The van der Waals surface area contributed by atoms with Gasteiger partial charge in [-0.25, -0.2) is 4.79 Å². The van der Waals surface area contributed by atoms with E-state index in [1.165, 1.54) is 25.4 Å². The topological polar surface area (TPSA) is 170 Å². The van der Waals surface area contributed by atoms with Gasteiger partial charge in [0.2, 0.25) is 0 Å².